The Morgan fingerprint density at radius 2 is 2.03 bits per heavy atom. The third-order valence-corrected chi connectivity index (χ3v) is 6.87. The number of carbonyl (C=O) groups excluding carboxylic acids is 1. The van der Waals surface area contributed by atoms with Gasteiger partial charge in [0.05, 0.1) is 32.3 Å². The van der Waals surface area contributed by atoms with Crippen molar-refractivity contribution in [1.82, 2.24) is 14.9 Å². The first kappa shape index (κ1) is 20.3. The van der Waals surface area contributed by atoms with Crippen molar-refractivity contribution in [2.45, 2.75) is 38.6 Å². The average molecular weight is 405 g/mol. The zero-order valence-electron chi connectivity index (χ0n) is 17.5. The van der Waals surface area contributed by atoms with Gasteiger partial charge in [0.15, 0.2) is 5.82 Å². The van der Waals surface area contributed by atoms with E-state index in [9.17, 15) is 4.79 Å². The van der Waals surface area contributed by atoms with Gasteiger partial charge in [-0.05, 0) is 38.5 Å². The van der Waals surface area contributed by atoms with Crippen molar-refractivity contribution in [2.24, 2.45) is 11.3 Å². The monoisotopic (exact) mass is 404 g/mol. The number of esters is 1. The molecular weight excluding hydrogens is 372 g/mol. The molecule has 1 aromatic rings. The van der Waals surface area contributed by atoms with Gasteiger partial charge < -0.3 is 19.1 Å². The molecule has 0 N–H and O–H groups in total. The first-order valence-electron chi connectivity index (χ1n) is 10.8. The van der Waals surface area contributed by atoms with Crippen LogP contribution in [0.1, 0.15) is 32.6 Å². The van der Waals surface area contributed by atoms with Gasteiger partial charge in [-0.1, -0.05) is 0 Å². The van der Waals surface area contributed by atoms with Gasteiger partial charge >= 0.3 is 5.97 Å². The number of aromatic nitrogens is 2. The van der Waals surface area contributed by atoms with Crippen LogP contribution in [0.5, 0.6) is 5.88 Å². The van der Waals surface area contributed by atoms with Crippen molar-refractivity contribution in [3.8, 4) is 5.88 Å². The highest BCUT2D eigenvalue weighted by Crippen LogP contribution is 2.49. The van der Waals surface area contributed by atoms with Gasteiger partial charge in [-0.15, -0.1) is 0 Å². The molecule has 3 atom stereocenters. The van der Waals surface area contributed by atoms with E-state index in [4.69, 9.17) is 14.2 Å². The van der Waals surface area contributed by atoms with E-state index in [1.54, 1.807) is 19.5 Å². The molecule has 1 aliphatic carbocycles. The van der Waals surface area contributed by atoms with Crippen LogP contribution in [-0.2, 0) is 14.3 Å². The summed E-state index contributed by atoms with van der Waals surface area (Å²) in [6.07, 6.45) is 7.15. The highest BCUT2D eigenvalue weighted by molar-refractivity contribution is 5.79. The average Bonchev–Trinajstić information content (AvgIpc) is 2.79. The molecule has 0 unspecified atom stereocenters. The van der Waals surface area contributed by atoms with Crippen LogP contribution in [0.4, 0.5) is 5.82 Å². The van der Waals surface area contributed by atoms with Gasteiger partial charge in [0, 0.05) is 44.6 Å². The molecule has 4 rings (SSSR count). The number of morpholine rings is 1. The number of piperidine rings is 1. The lowest BCUT2D eigenvalue weighted by Crippen LogP contribution is -2.59. The minimum Gasteiger partial charge on any atom is -0.478 e. The van der Waals surface area contributed by atoms with Gasteiger partial charge in [-0.25, -0.2) is 9.97 Å². The first-order valence-corrected chi connectivity index (χ1v) is 10.8. The number of fused-ring (bicyclic) bond motifs is 1. The Kier molecular flexibility index (Phi) is 6.20. The van der Waals surface area contributed by atoms with Crippen LogP contribution in [0, 0.1) is 11.3 Å². The minimum atomic E-state index is -0.487. The number of rotatable bonds is 5. The Balaban J connectivity index is 1.56. The quantitative estimate of drug-likeness (QED) is 0.687. The Bertz CT molecular complexity index is 712. The molecule has 1 saturated carbocycles. The number of carbonyl (C=O) groups is 1. The maximum atomic E-state index is 13.2. The summed E-state index contributed by atoms with van der Waals surface area (Å²) in [6.45, 7) is 7.36. The van der Waals surface area contributed by atoms with Crippen LogP contribution in [-0.4, -0.2) is 80.0 Å². The molecule has 3 aliphatic rings. The summed E-state index contributed by atoms with van der Waals surface area (Å²) in [6, 6.07) is 0.532. The molecule has 0 radical (unpaired) electrons. The second-order valence-electron chi connectivity index (χ2n) is 8.25. The largest absolute Gasteiger partial charge is 0.478 e. The predicted molar refractivity (Wildman–Crippen MR) is 108 cm³/mol. The minimum absolute atomic E-state index is 0.0574. The van der Waals surface area contributed by atoms with E-state index in [-0.39, 0.29) is 5.97 Å². The Morgan fingerprint density at radius 1 is 1.24 bits per heavy atom. The number of hydrogen-bond donors (Lipinski definition) is 0. The van der Waals surface area contributed by atoms with Gasteiger partial charge in [-0.2, -0.15) is 0 Å². The van der Waals surface area contributed by atoms with E-state index < -0.39 is 5.41 Å². The van der Waals surface area contributed by atoms with E-state index in [2.05, 4.69) is 19.8 Å². The summed E-state index contributed by atoms with van der Waals surface area (Å²) >= 11 is 0. The lowest BCUT2D eigenvalue weighted by atomic mass is 9.61. The van der Waals surface area contributed by atoms with Crippen molar-refractivity contribution in [1.29, 1.82) is 0 Å². The zero-order valence-corrected chi connectivity index (χ0v) is 17.5. The molecular formula is C21H32N4O4. The van der Waals surface area contributed by atoms with Crippen molar-refractivity contribution in [2.75, 3.05) is 58.0 Å². The topological polar surface area (TPSA) is 77.0 Å². The van der Waals surface area contributed by atoms with Gasteiger partial charge in [0.2, 0.25) is 0 Å². The lowest BCUT2D eigenvalue weighted by Gasteiger charge is -2.52. The molecule has 3 heterocycles. The molecule has 29 heavy (non-hydrogen) atoms. The molecule has 2 aliphatic heterocycles. The molecule has 0 amide bonds. The third-order valence-electron chi connectivity index (χ3n) is 6.87. The number of anilines is 1. The number of ether oxygens (including phenoxy) is 3. The van der Waals surface area contributed by atoms with Gasteiger partial charge in [0.1, 0.15) is 0 Å². The summed E-state index contributed by atoms with van der Waals surface area (Å²) in [5, 5.41) is 0. The van der Waals surface area contributed by atoms with Gasteiger partial charge in [-0.3, -0.25) is 9.69 Å². The fourth-order valence-corrected chi connectivity index (χ4v) is 5.38. The van der Waals surface area contributed by atoms with Crippen LogP contribution in [0.25, 0.3) is 0 Å². The second kappa shape index (κ2) is 8.83. The molecule has 0 bridgehead atoms. The fraction of sp³-hybridized carbons (Fsp3) is 0.762. The van der Waals surface area contributed by atoms with Crippen molar-refractivity contribution >= 4 is 11.8 Å². The summed E-state index contributed by atoms with van der Waals surface area (Å²) < 4.78 is 16.5. The molecule has 0 aromatic carbocycles. The normalized spacial score (nSPS) is 30.5. The molecule has 3 fully saturated rings. The molecule has 8 heteroatoms. The molecule has 0 spiro atoms. The van der Waals surface area contributed by atoms with E-state index >= 15 is 0 Å². The van der Waals surface area contributed by atoms with Crippen molar-refractivity contribution < 1.29 is 19.0 Å². The molecule has 8 nitrogen and oxygen atoms in total. The van der Waals surface area contributed by atoms with Crippen LogP contribution >= 0.6 is 0 Å². The fourth-order valence-electron chi connectivity index (χ4n) is 5.38. The highest BCUT2D eigenvalue weighted by Gasteiger charge is 2.54. The van der Waals surface area contributed by atoms with Crippen LogP contribution < -0.4 is 9.64 Å². The van der Waals surface area contributed by atoms with E-state index in [1.807, 2.05) is 6.92 Å². The number of methoxy groups -OCH3 is 1. The second-order valence-corrected chi connectivity index (χ2v) is 8.25. The number of hydrogen-bond acceptors (Lipinski definition) is 8. The standard InChI is InChI=1S/C21H32N4O4/c1-3-29-20(26)21-6-4-17(24-10-12-28-13-11-24)14-16(21)5-9-25(15-21)18-19(27-2)23-8-7-22-18/h7-8,16-17H,3-6,9-15H2,1-2H3/t16-,17+,21-/m1/s1. The summed E-state index contributed by atoms with van der Waals surface area (Å²) in [5.74, 6) is 1.49. The van der Waals surface area contributed by atoms with Gasteiger partial charge in [0.25, 0.3) is 5.88 Å². The summed E-state index contributed by atoms with van der Waals surface area (Å²) in [4.78, 5) is 26.7. The van der Waals surface area contributed by atoms with Crippen molar-refractivity contribution in [3.05, 3.63) is 12.4 Å². The van der Waals surface area contributed by atoms with Crippen LogP contribution in [0.15, 0.2) is 12.4 Å². The third kappa shape index (κ3) is 3.92. The Morgan fingerprint density at radius 3 is 2.79 bits per heavy atom. The smallest absolute Gasteiger partial charge is 0.314 e. The summed E-state index contributed by atoms with van der Waals surface area (Å²) in [5.41, 5.74) is -0.487. The maximum Gasteiger partial charge on any atom is 0.314 e. The zero-order chi connectivity index (χ0) is 20.3. The van der Waals surface area contributed by atoms with Crippen LogP contribution in [0.2, 0.25) is 0 Å². The predicted octanol–water partition coefficient (Wildman–Crippen LogP) is 1.75. The Hall–Kier alpha value is -1.93. The van der Waals surface area contributed by atoms with Crippen molar-refractivity contribution in [3.63, 3.8) is 0 Å². The maximum absolute atomic E-state index is 13.2. The first-order chi connectivity index (χ1) is 14.2. The Labute approximate surface area is 172 Å². The molecule has 160 valence electrons. The lowest BCUT2D eigenvalue weighted by molar-refractivity contribution is -0.164. The summed E-state index contributed by atoms with van der Waals surface area (Å²) in [7, 11) is 1.61. The van der Waals surface area contributed by atoms with E-state index in [1.165, 1.54) is 0 Å². The van der Waals surface area contributed by atoms with Crippen LogP contribution in [0.3, 0.4) is 0 Å². The molecule has 1 aromatic heterocycles. The molecule has 2 saturated heterocycles. The highest BCUT2D eigenvalue weighted by atomic mass is 16.5. The number of nitrogens with zero attached hydrogens (tertiary/aromatic N) is 4. The van der Waals surface area contributed by atoms with E-state index in [0.29, 0.717) is 36.8 Å². The van der Waals surface area contributed by atoms with E-state index in [0.717, 1.165) is 58.5 Å². The SMILES string of the molecule is CCOC(=O)[C@@]12CC[C@H](N3CCOCC3)C[C@H]1CCN(c1nccnc1OC)C2.